The zero-order chi connectivity index (χ0) is 24.5. The number of carbonyl (C=O) groups excluding carboxylic acids is 1. The second kappa shape index (κ2) is 9.35. The lowest BCUT2D eigenvalue weighted by atomic mass is 9.95. The summed E-state index contributed by atoms with van der Waals surface area (Å²) in [5.74, 6) is 0.120. The molecule has 180 valence electrons. The predicted octanol–water partition coefficient (Wildman–Crippen LogP) is 4.27. The van der Waals surface area contributed by atoms with E-state index in [4.69, 9.17) is 22.1 Å². The van der Waals surface area contributed by atoms with Crippen LogP contribution in [0, 0.1) is 0 Å². The van der Waals surface area contributed by atoms with Crippen LogP contribution in [0.4, 0.5) is 14.6 Å². The number of carbonyl (C=O) groups is 1. The van der Waals surface area contributed by atoms with Gasteiger partial charge in [-0.25, -0.2) is 13.8 Å². The van der Waals surface area contributed by atoms with E-state index in [1.165, 1.54) is 12.2 Å². The van der Waals surface area contributed by atoms with Gasteiger partial charge in [-0.2, -0.15) is 0 Å². The fourth-order valence-corrected chi connectivity index (χ4v) is 4.36. The summed E-state index contributed by atoms with van der Waals surface area (Å²) in [6, 6.07) is 9.18. The number of hydrogen-bond donors (Lipinski definition) is 2. The van der Waals surface area contributed by atoms with E-state index in [0.717, 1.165) is 17.7 Å². The van der Waals surface area contributed by atoms with Gasteiger partial charge in [-0.1, -0.05) is 35.9 Å². The van der Waals surface area contributed by atoms with Crippen LogP contribution in [0.25, 0.3) is 11.1 Å². The lowest BCUT2D eigenvalue weighted by Crippen LogP contribution is -2.55. The smallest absolute Gasteiger partial charge is 0.253 e. The first-order chi connectivity index (χ1) is 16.1. The minimum Gasteiger partial charge on any atom is -0.486 e. The highest BCUT2D eigenvalue weighted by atomic mass is 35.5. The third-order valence-corrected chi connectivity index (χ3v) is 6.40. The largest absolute Gasteiger partial charge is 0.486 e. The van der Waals surface area contributed by atoms with Crippen LogP contribution < -0.4 is 15.8 Å². The number of piperazine rings is 1. The quantitative estimate of drug-likeness (QED) is 0.614. The maximum Gasteiger partial charge on any atom is 0.253 e. The number of halogens is 3. The molecule has 3 N–H and O–H groups in total. The summed E-state index contributed by atoms with van der Waals surface area (Å²) < 4.78 is 35.0. The first-order valence-corrected chi connectivity index (χ1v) is 11.4. The average molecular weight is 489 g/mol. The normalized spacial score (nSPS) is 28.7. The van der Waals surface area contributed by atoms with E-state index in [-0.39, 0.29) is 29.6 Å². The Morgan fingerprint density at radius 3 is 2.47 bits per heavy atom. The van der Waals surface area contributed by atoms with Crippen LogP contribution in [-0.2, 0) is 0 Å². The fraction of sp³-hybridized carbons (Fsp3) is 0.360. The van der Waals surface area contributed by atoms with Gasteiger partial charge in [-0.05, 0) is 49.8 Å². The molecule has 4 rings (SSSR count). The molecule has 1 aromatic heterocycles. The second-order valence-electron chi connectivity index (χ2n) is 8.86. The lowest BCUT2D eigenvalue weighted by Gasteiger charge is -2.36. The minimum atomic E-state index is -2.73. The van der Waals surface area contributed by atoms with Gasteiger partial charge in [0, 0.05) is 42.5 Å². The molecule has 0 radical (unpaired) electrons. The van der Waals surface area contributed by atoms with Crippen LogP contribution in [0.5, 0.6) is 5.75 Å². The topological polar surface area (TPSA) is 80.5 Å². The zero-order valence-electron chi connectivity index (χ0n) is 19.0. The van der Waals surface area contributed by atoms with Gasteiger partial charge in [0.15, 0.2) is 11.6 Å². The molecule has 4 unspecified atom stereocenters. The van der Waals surface area contributed by atoms with E-state index in [9.17, 15) is 9.18 Å². The summed E-state index contributed by atoms with van der Waals surface area (Å²) in [6.45, 7) is 4.73. The highest BCUT2D eigenvalue weighted by molar-refractivity contribution is 6.25. The molecule has 1 saturated heterocycles. The Kier molecular flexibility index (Phi) is 6.64. The van der Waals surface area contributed by atoms with E-state index in [2.05, 4.69) is 24.1 Å². The van der Waals surface area contributed by atoms with Gasteiger partial charge < -0.3 is 20.7 Å². The Morgan fingerprint density at radius 1 is 1.18 bits per heavy atom. The van der Waals surface area contributed by atoms with Crippen LogP contribution in [0.15, 0.2) is 60.8 Å². The molecule has 4 atom stereocenters. The number of nitrogens with two attached hydrogens (primary N) is 1. The van der Waals surface area contributed by atoms with Crippen molar-refractivity contribution in [1.29, 1.82) is 0 Å². The summed E-state index contributed by atoms with van der Waals surface area (Å²) in [4.78, 5) is 18.9. The third-order valence-electron chi connectivity index (χ3n) is 5.96. The molecule has 6 nitrogen and oxygen atoms in total. The van der Waals surface area contributed by atoms with E-state index >= 15 is 4.39 Å². The molecule has 34 heavy (non-hydrogen) atoms. The van der Waals surface area contributed by atoms with Gasteiger partial charge in [0.05, 0.1) is 0 Å². The number of ether oxygens (including phenoxy) is 1. The Balaban J connectivity index is 1.49. The van der Waals surface area contributed by atoms with Crippen LogP contribution in [-0.4, -0.2) is 58.4 Å². The molecule has 0 saturated carbocycles. The maximum atomic E-state index is 15.0. The number of nitrogens with zero attached hydrogens (tertiary/aromatic N) is 2. The number of benzene rings is 1. The van der Waals surface area contributed by atoms with E-state index in [1.54, 1.807) is 36.5 Å². The third kappa shape index (κ3) is 4.93. The van der Waals surface area contributed by atoms with Crippen LogP contribution >= 0.6 is 11.6 Å². The van der Waals surface area contributed by atoms with Crippen molar-refractivity contribution >= 4 is 23.3 Å². The summed E-state index contributed by atoms with van der Waals surface area (Å²) >= 11 is 5.68. The SMILES string of the molecule is CC1CN(C(=O)c2ccc(-c3cnc(N)c(OCC4(F)C=CC=CC4(F)Cl)c3)cc2)CC(C)N1. The first kappa shape index (κ1) is 24.2. The van der Waals surface area contributed by atoms with Crippen LogP contribution in [0.1, 0.15) is 24.2 Å². The molecule has 1 aliphatic heterocycles. The number of aromatic nitrogens is 1. The van der Waals surface area contributed by atoms with Crippen LogP contribution in [0.2, 0.25) is 0 Å². The molecular formula is C25H27ClF2N4O2. The van der Waals surface area contributed by atoms with Gasteiger partial charge >= 0.3 is 0 Å². The number of rotatable bonds is 5. The molecule has 1 aromatic carbocycles. The van der Waals surface area contributed by atoms with E-state index in [0.29, 0.717) is 24.2 Å². The number of nitrogens with one attached hydrogen (secondary N) is 1. The molecule has 0 spiro atoms. The Morgan fingerprint density at radius 2 is 1.82 bits per heavy atom. The van der Waals surface area contributed by atoms with E-state index in [1.807, 2.05) is 4.90 Å². The fourth-order valence-electron chi connectivity index (χ4n) is 4.17. The second-order valence-corrected chi connectivity index (χ2v) is 9.41. The molecule has 1 amide bonds. The average Bonchev–Trinajstić information content (AvgIpc) is 2.80. The number of alkyl halides is 3. The Bertz CT molecular complexity index is 1110. The van der Waals surface area contributed by atoms with Gasteiger partial charge in [-0.15, -0.1) is 0 Å². The first-order valence-electron chi connectivity index (χ1n) is 11.1. The summed E-state index contributed by atoms with van der Waals surface area (Å²) in [5.41, 5.74) is 5.33. The maximum absolute atomic E-state index is 15.0. The van der Waals surface area contributed by atoms with Crippen molar-refractivity contribution in [3.8, 4) is 16.9 Å². The molecule has 0 bridgehead atoms. The molecule has 2 heterocycles. The van der Waals surface area contributed by atoms with Gasteiger partial charge in [-0.3, -0.25) is 4.79 Å². The summed E-state index contributed by atoms with van der Waals surface area (Å²) in [5, 5.41) is 0.680. The number of allylic oxidation sites excluding steroid dienone is 3. The Hall–Kier alpha value is -2.97. The summed E-state index contributed by atoms with van der Waals surface area (Å²) in [6.07, 6.45) is 6.20. The number of hydrogen-bond acceptors (Lipinski definition) is 5. The molecule has 9 heteroatoms. The van der Waals surface area contributed by atoms with Crippen molar-refractivity contribution in [3.05, 3.63) is 66.4 Å². The van der Waals surface area contributed by atoms with Crippen molar-refractivity contribution in [2.75, 3.05) is 25.4 Å². The van der Waals surface area contributed by atoms with Gasteiger partial charge in [0.2, 0.25) is 10.8 Å². The van der Waals surface area contributed by atoms with Gasteiger partial charge in [0.25, 0.3) is 5.91 Å². The van der Waals surface area contributed by atoms with Crippen molar-refractivity contribution in [2.45, 2.75) is 36.7 Å². The van der Waals surface area contributed by atoms with Crippen molar-refractivity contribution in [2.24, 2.45) is 0 Å². The number of nitrogen functional groups attached to an aromatic ring is 1. The van der Waals surface area contributed by atoms with Crippen molar-refractivity contribution in [3.63, 3.8) is 0 Å². The number of amides is 1. The highest BCUT2D eigenvalue weighted by Gasteiger charge is 2.51. The predicted molar refractivity (Wildman–Crippen MR) is 129 cm³/mol. The molecule has 2 aliphatic rings. The number of pyridine rings is 1. The highest BCUT2D eigenvalue weighted by Crippen LogP contribution is 2.40. The molecule has 2 aromatic rings. The van der Waals surface area contributed by atoms with Crippen molar-refractivity contribution in [1.82, 2.24) is 15.2 Å². The molecule has 1 aliphatic carbocycles. The van der Waals surface area contributed by atoms with Gasteiger partial charge in [0.1, 0.15) is 6.61 Å². The zero-order valence-corrected chi connectivity index (χ0v) is 19.7. The monoisotopic (exact) mass is 488 g/mol. The minimum absolute atomic E-state index is 0.0233. The van der Waals surface area contributed by atoms with Crippen molar-refractivity contribution < 1.29 is 18.3 Å². The van der Waals surface area contributed by atoms with E-state index < -0.39 is 17.4 Å². The molecule has 1 fully saturated rings. The summed E-state index contributed by atoms with van der Waals surface area (Å²) in [7, 11) is 0. The van der Waals surface area contributed by atoms with Crippen LogP contribution in [0.3, 0.4) is 0 Å². The lowest BCUT2D eigenvalue weighted by molar-refractivity contribution is 0.0442. The Labute approximate surface area is 202 Å². The molecular weight excluding hydrogens is 462 g/mol. The standard InChI is InChI=1S/C25H27ClF2N4O2/c1-16-13-32(14-17(2)31-16)23(33)19-7-5-18(6-8-19)20-11-21(22(29)30-12-20)34-15-24(27)9-3-4-10-25(24,26)28/h3-12,16-17,31H,13-15H2,1-2H3,(H2,29,30). The number of anilines is 1.